The highest BCUT2D eigenvalue weighted by atomic mass is 16.2. The van der Waals surface area contributed by atoms with E-state index < -0.39 is 0 Å². The number of carbonyl (C=O) groups is 1. The van der Waals surface area contributed by atoms with Crippen LogP contribution in [0.2, 0.25) is 0 Å². The Morgan fingerprint density at radius 1 is 1.07 bits per heavy atom. The summed E-state index contributed by atoms with van der Waals surface area (Å²) in [6, 6.07) is 8.81. The van der Waals surface area contributed by atoms with E-state index in [0.29, 0.717) is 6.54 Å². The predicted octanol–water partition coefficient (Wildman–Crippen LogP) is 3.02. The molecule has 0 radical (unpaired) electrons. The molecule has 1 saturated heterocycles. The molecule has 0 spiro atoms. The van der Waals surface area contributed by atoms with Crippen molar-refractivity contribution in [2.24, 2.45) is 7.05 Å². The Morgan fingerprint density at radius 2 is 1.89 bits per heavy atom. The van der Waals surface area contributed by atoms with Gasteiger partial charge in [0.25, 0.3) is 0 Å². The highest BCUT2D eigenvalue weighted by Crippen LogP contribution is 2.34. The van der Waals surface area contributed by atoms with Crippen molar-refractivity contribution in [1.82, 2.24) is 19.4 Å². The van der Waals surface area contributed by atoms with Crippen LogP contribution < -0.4 is 0 Å². The topological polar surface area (TPSA) is 41.4 Å². The SMILES string of the molecule is Cn1c([C@@H]2CCCN2CC(=O)N2CCc3ccccc3C2)nc2c1CCCC2. The first-order chi connectivity index (χ1) is 13.7. The second kappa shape index (κ2) is 7.36. The van der Waals surface area contributed by atoms with Crippen molar-refractivity contribution in [2.45, 2.75) is 57.5 Å². The number of rotatable bonds is 3. The number of fused-ring (bicyclic) bond motifs is 2. The number of nitrogens with zero attached hydrogens (tertiary/aromatic N) is 4. The average Bonchev–Trinajstić information content (AvgIpc) is 3.32. The molecule has 1 atom stereocenters. The fraction of sp³-hybridized carbons (Fsp3) is 0.565. The molecule has 5 heteroatoms. The largest absolute Gasteiger partial charge is 0.337 e. The lowest BCUT2D eigenvalue weighted by Crippen LogP contribution is -2.42. The number of aromatic nitrogens is 2. The van der Waals surface area contributed by atoms with E-state index in [4.69, 9.17) is 4.98 Å². The van der Waals surface area contributed by atoms with E-state index in [1.807, 2.05) is 4.90 Å². The van der Waals surface area contributed by atoms with Crippen LogP contribution in [0.25, 0.3) is 0 Å². The molecule has 0 bridgehead atoms. The first-order valence-electron chi connectivity index (χ1n) is 10.8. The van der Waals surface area contributed by atoms with Crippen molar-refractivity contribution in [2.75, 3.05) is 19.6 Å². The lowest BCUT2D eigenvalue weighted by Gasteiger charge is -2.31. The smallest absolute Gasteiger partial charge is 0.237 e. The zero-order valence-corrected chi connectivity index (χ0v) is 16.9. The maximum Gasteiger partial charge on any atom is 0.237 e. The van der Waals surface area contributed by atoms with Gasteiger partial charge in [0, 0.05) is 25.8 Å². The van der Waals surface area contributed by atoms with E-state index in [1.54, 1.807) is 0 Å². The molecule has 2 aliphatic heterocycles. The molecule has 0 N–H and O–H groups in total. The van der Waals surface area contributed by atoms with Gasteiger partial charge in [0.2, 0.25) is 5.91 Å². The fourth-order valence-electron chi connectivity index (χ4n) is 5.29. The normalized spacial score (nSPS) is 22.2. The van der Waals surface area contributed by atoms with E-state index in [9.17, 15) is 4.79 Å². The van der Waals surface area contributed by atoms with Gasteiger partial charge in [0.1, 0.15) is 5.82 Å². The van der Waals surface area contributed by atoms with E-state index in [2.05, 4.69) is 40.8 Å². The monoisotopic (exact) mass is 378 g/mol. The highest BCUT2D eigenvalue weighted by molar-refractivity contribution is 5.78. The third kappa shape index (κ3) is 3.16. The van der Waals surface area contributed by atoms with Gasteiger partial charge in [-0.2, -0.15) is 0 Å². The van der Waals surface area contributed by atoms with Gasteiger partial charge in [-0.05, 0) is 62.6 Å². The maximum absolute atomic E-state index is 13.1. The summed E-state index contributed by atoms with van der Waals surface area (Å²) in [5, 5.41) is 0. The Labute approximate surface area is 167 Å². The molecule has 1 aromatic carbocycles. The van der Waals surface area contributed by atoms with Crippen LogP contribution in [0.5, 0.6) is 0 Å². The molecule has 1 aliphatic carbocycles. The third-order valence-corrected chi connectivity index (χ3v) is 6.89. The minimum absolute atomic E-state index is 0.264. The number of aryl methyl sites for hydroxylation is 1. The zero-order chi connectivity index (χ0) is 19.1. The molecule has 1 aromatic heterocycles. The first kappa shape index (κ1) is 17.9. The van der Waals surface area contributed by atoms with Crippen LogP contribution in [0, 0.1) is 0 Å². The van der Waals surface area contributed by atoms with Gasteiger partial charge in [-0.3, -0.25) is 9.69 Å². The van der Waals surface area contributed by atoms with Crippen molar-refractivity contribution in [3.63, 3.8) is 0 Å². The van der Waals surface area contributed by atoms with Gasteiger partial charge in [-0.1, -0.05) is 24.3 Å². The quantitative estimate of drug-likeness (QED) is 0.824. The van der Waals surface area contributed by atoms with Crippen molar-refractivity contribution in [3.8, 4) is 0 Å². The van der Waals surface area contributed by atoms with E-state index >= 15 is 0 Å². The molecular formula is C23H30N4O. The van der Waals surface area contributed by atoms with Crippen LogP contribution in [0.1, 0.15) is 60.1 Å². The molecule has 28 heavy (non-hydrogen) atoms. The molecule has 3 aliphatic rings. The molecule has 148 valence electrons. The lowest BCUT2D eigenvalue weighted by molar-refractivity contribution is -0.133. The number of imidazole rings is 1. The van der Waals surface area contributed by atoms with Crippen molar-refractivity contribution < 1.29 is 4.79 Å². The summed E-state index contributed by atoms with van der Waals surface area (Å²) in [6.07, 6.45) is 8.03. The number of carbonyl (C=O) groups excluding carboxylic acids is 1. The number of hydrogen-bond donors (Lipinski definition) is 0. The average molecular weight is 379 g/mol. The summed E-state index contributed by atoms with van der Waals surface area (Å²) < 4.78 is 2.33. The summed E-state index contributed by atoms with van der Waals surface area (Å²) in [5.41, 5.74) is 5.42. The number of amides is 1. The van der Waals surface area contributed by atoms with Gasteiger partial charge in [-0.25, -0.2) is 4.98 Å². The molecule has 3 heterocycles. The van der Waals surface area contributed by atoms with Crippen LogP contribution >= 0.6 is 0 Å². The summed E-state index contributed by atoms with van der Waals surface area (Å²) in [7, 11) is 2.17. The van der Waals surface area contributed by atoms with Crippen molar-refractivity contribution in [1.29, 1.82) is 0 Å². The minimum atomic E-state index is 0.264. The Bertz CT molecular complexity index is 887. The molecule has 5 rings (SSSR count). The molecule has 0 unspecified atom stereocenters. The first-order valence-corrected chi connectivity index (χ1v) is 10.8. The molecule has 0 saturated carbocycles. The van der Waals surface area contributed by atoms with Gasteiger partial charge in [0.15, 0.2) is 0 Å². The predicted molar refractivity (Wildman–Crippen MR) is 109 cm³/mol. The third-order valence-electron chi connectivity index (χ3n) is 6.89. The second-order valence-electron chi connectivity index (χ2n) is 8.59. The molecular weight excluding hydrogens is 348 g/mol. The minimum Gasteiger partial charge on any atom is -0.337 e. The molecule has 1 amide bonds. The van der Waals surface area contributed by atoms with Crippen molar-refractivity contribution in [3.05, 3.63) is 52.6 Å². The Morgan fingerprint density at radius 3 is 2.75 bits per heavy atom. The van der Waals surface area contributed by atoms with Gasteiger partial charge in [0.05, 0.1) is 18.3 Å². The lowest BCUT2D eigenvalue weighted by atomic mass is 10.00. The summed E-state index contributed by atoms with van der Waals surface area (Å²) in [5.74, 6) is 1.45. The molecule has 1 fully saturated rings. The maximum atomic E-state index is 13.1. The number of benzene rings is 1. The standard InChI is InChI=1S/C23H30N4O/c1-25-20-10-5-4-9-19(20)24-23(25)21-11-6-13-26(21)16-22(28)27-14-12-17-7-2-3-8-18(17)15-27/h2-3,7-8,21H,4-6,9-16H2,1H3/t21-/m0/s1. The van der Waals surface area contributed by atoms with E-state index in [1.165, 1.54) is 41.2 Å². The van der Waals surface area contributed by atoms with Crippen LogP contribution in [0.4, 0.5) is 0 Å². The van der Waals surface area contributed by atoms with E-state index in [0.717, 1.165) is 51.7 Å². The number of hydrogen-bond acceptors (Lipinski definition) is 3. The molecule has 5 nitrogen and oxygen atoms in total. The Hall–Kier alpha value is -2.14. The summed E-state index contributed by atoms with van der Waals surface area (Å²) >= 11 is 0. The van der Waals surface area contributed by atoms with Crippen LogP contribution in [0.15, 0.2) is 24.3 Å². The van der Waals surface area contributed by atoms with Crippen molar-refractivity contribution >= 4 is 5.91 Å². The number of likely N-dealkylation sites (tertiary alicyclic amines) is 1. The summed E-state index contributed by atoms with van der Waals surface area (Å²) in [4.78, 5) is 22.5. The molecule has 2 aromatic rings. The van der Waals surface area contributed by atoms with Crippen LogP contribution in [0.3, 0.4) is 0 Å². The van der Waals surface area contributed by atoms with Gasteiger partial charge >= 0.3 is 0 Å². The second-order valence-corrected chi connectivity index (χ2v) is 8.59. The fourth-order valence-corrected chi connectivity index (χ4v) is 5.29. The summed E-state index contributed by atoms with van der Waals surface area (Å²) in [6.45, 7) is 3.11. The Balaban J connectivity index is 1.30. The Kier molecular flexibility index (Phi) is 4.71. The van der Waals surface area contributed by atoms with Gasteiger partial charge in [-0.15, -0.1) is 0 Å². The highest BCUT2D eigenvalue weighted by Gasteiger charge is 2.33. The van der Waals surface area contributed by atoms with Crippen LogP contribution in [-0.4, -0.2) is 44.9 Å². The van der Waals surface area contributed by atoms with E-state index in [-0.39, 0.29) is 11.9 Å². The van der Waals surface area contributed by atoms with Gasteiger partial charge < -0.3 is 9.47 Å². The zero-order valence-electron chi connectivity index (χ0n) is 16.9. The van der Waals surface area contributed by atoms with Crippen LogP contribution in [-0.2, 0) is 37.6 Å².